The highest BCUT2D eigenvalue weighted by Gasteiger charge is 2.35. The van der Waals surface area contributed by atoms with Crippen molar-refractivity contribution in [1.82, 2.24) is 9.80 Å². The van der Waals surface area contributed by atoms with Crippen LogP contribution in [0.15, 0.2) is 54.6 Å². The third-order valence-corrected chi connectivity index (χ3v) is 4.87. The highest BCUT2D eigenvalue weighted by atomic mass is 16.5. The molecule has 2 aromatic carbocycles. The molecule has 2 aromatic rings. The highest BCUT2D eigenvalue weighted by Crippen LogP contribution is 2.18. The van der Waals surface area contributed by atoms with Gasteiger partial charge in [-0.15, -0.1) is 0 Å². The van der Waals surface area contributed by atoms with Crippen molar-refractivity contribution < 1.29 is 29.0 Å². The lowest BCUT2D eigenvalue weighted by molar-refractivity contribution is -0.155. The minimum atomic E-state index is -0.462. The summed E-state index contributed by atoms with van der Waals surface area (Å²) in [4.78, 5) is 37.0. The molecule has 1 fully saturated rings. The minimum absolute atomic E-state index is 0.0275. The number of piperazine rings is 1. The Morgan fingerprint density at radius 3 is 2.32 bits per heavy atom. The zero-order valence-electron chi connectivity index (χ0n) is 17.8. The van der Waals surface area contributed by atoms with E-state index in [0.717, 1.165) is 17.1 Å². The van der Waals surface area contributed by atoms with Crippen LogP contribution in [0, 0.1) is 0 Å². The van der Waals surface area contributed by atoms with E-state index in [4.69, 9.17) is 19.4 Å². The number of carbonyl (C=O) groups excluding carboxylic acids is 2. The van der Waals surface area contributed by atoms with Crippen molar-refractivity contribution in [1.29, 1.82) is 0 Å². The molecule has 166 valence electrons. The maximum absolute atomic E-state index is 12.7. The van der Waals surface area contributed by atoms with E-state index in [1.54, 1.807) is 23.8 Å². The monoisotopic (exact) mass is 428 g/mol. The molecule has 2 amide bonds. The van der Waals surface area contributed by atoms with Crippen molar-refractivity contribution in [3.05, 3.63) is 60.2 Å². The molecule has 1 N–H and O–H groups in total. The molecular weight excluding hydrogens is 400 g/mol. The SMILES string of the molecule is COc1ccc(CN2CC(=O)N(CCCOc3ccccc3)[C@@H](C)C2=O)cc1.O=CO. The van der Waals surface area contributed by atoms with Crippen LogP contribution < -0.4 is 9.47 Å². The van der Waals surface area contributed by atoms with E-state index in [-0.39, 0.29) is 24.8 Å². The number of nitrogens with zero attached hydrogens (tertiary/aromatic N) is 2. The van der Waals surface area contributed by atoms with Gasteiger partial charge in [0.05, 0.1) is 13.7 Å². The average molecular weight is 428 g/mol. The maximum atomic E-state index is 12.7. The van der Waals surface area contributed by atoms with Crippen molar-refractivity contribution in [2.45, 2.75) is 25.9 Å². The van der Waals surface area contributed by atoms with Crippen LogP contribution in [-0.2, 0) is 20.9 Å². The van der Waals surface area contributed by atoms with E-state index >= 15 is 0 Å². The molecule has 0 spiro atoms. The molecule has 0 aromatic heterocycles. The van der Waals surface area contributed by atoms with Gasteiger partial charge in [0.1, 0.15) is 24.1 Å². The lowest BCUT2D eigenvalue weighted by Gasteiger charge is -2.38. The molecule has 8 nitrogen and oxygen atoms in total. The Morgan fingerprint density at radius 2 is 1.71 bits per heavy atom. The van der Waals surface area contributed by atoms with Crippen LogP contribution in [0.5, 0.6) is 11.5 Å². The van der Waals surface area contributed by atoms with E-state index in [0.29, 0.717) is 26.1 Å². The summed E-state index contributed by atoms with van der Waals surface area (Å²) in [6.07, 6.45) is 0.677. The van der Waals surface area contributed by atoms with Crippen LogP contribution in [0.3, 0.4) is 0 Å². The van der Waals surface area contributed by atoms with Gasteiger partial charge in [-0.05, 0) is 43.2 Å². The predicted molar refractivity (Wildman–Crippen MR) is 115 cm³/mol. The van der Waals surface area contributed by atoms with Crippen molar-refractivity contribution in [3.63, 3.8) is 0 Å². The van der Waals surface area contributed by atoms with Crippen LogP contribution in [0.2, 0.25) is 0 Å². The number of methoxy groups -OCH3 is 1. The Morgan fingerprint density at radius 1 is 1.06 bits per heavy atom. The van der Waals surface area contributed by atoms with Crippen LogP contribution in [-0.4, -0.2) is 66.0 Å². The Bertz CT molecular complexity index is 841. The Balaban J connectivity index is 0.00000107. The number of carbonyl (C=O) groups is 3. The van der Waals surface area contributed by atoms with E-state index < -0.39 is 6.04 Å². The summed E-state index contributed by atoms with van der Waals surface area (Å²) < 4.78 is 10.8. The van der Waals surface area contributed by atoms with Crippen molar-refractivity contribution >= 4 is 18.3 Å². The summed E-state index contributed by atoms with van der Waals surface area (Å²) >= 11 is 0. The molecule has 8 heteroatoms. The third-order valence-electron chi connectivity index (χ3n) is 4.87. The molecule has 0 bridgehead atoms. The second-order valence-electron chi connectivity index (χ2n) is 6.93. The van der Waals surface area contributed by atoms with Crippen molar-refractivity contribution in [3.8, 4) is 11.5 Å². The van der Waals surface area contributed by atoms with Crippen molar-refractivity contribution in [2.75, 3.05) is 26.8 Å². The molecule has 1 aliphatic rings. The number of hydrogen-bond donors (Lipinski definition) is 1. The van der Waals surface area contributed by atoms with Crippen LogP contribution in [0.25, 0.3) is 0 Å². The van der Waals surface area contributed by atoms with Crippen LogP contribution in [0.4, 0.5) is 0 Å². The fourth-order valence-electron chi connectivity index (χ4n) is 3.29. The van der Waals surface area contributed by atoms with Gasteiger partial charge in [-0.1, -0.05) is 30.3 Å². The number of hydrogen-bond acceptors (Lipinski definition) is 5. The van der Waals surface area contributed by atoms with Gasteiger partial charge in [-0.2, -0.15) is 0 Å². The first-order valence-corrected chi connectivity index (χ1v) is 9.97. The fraction of sp³-hybridized carbons (Fsp3) is 0.348. The first-order chi connectivity index (χ1) is 15.0. The summed E-state index contributed by atoms with van der Waals surface area (Å²) in [7, 11) is 1.61. The molecule has 1 heterocycles. The topological polar surface area (TPSA) is 96.4 Å². The van der Waals surface area contributed by atoms with Crippen molar-refractivity contribution in [2.24, 2.45) is 0 Å². The Hall–Kier alpha value is -3.55. The van der Waals surface area contributed by atoms with Gasteiger partial charge in [-0.25, -0.2) is 0 Å². The second kappa shape index (κ2) is 12.2. The molecule has 1 atom stereocenters. The standard InChI is InChI=1S/C22H26N2O4.CH2O2/c1-17-22(26)23(15-18-9-11-19(27-2)12-10-18)16-21(25)24(17)13-6-14-28-20-7-4-3-5-8-20;2-1-3/h3-5,7-12,17H,6,13-16H2,1-2H3;1H,(H,2,3)/t17-;/m0./s1. The molecule has 0 saturated carbocycles. The largest absolute Gasteiger partial charge is 0.497 e. The molecule has 0 unspecified atom stereocenters. The predicted octanol–water partition coefficient (Wildman–Crippen LogP) is 2.42. The summed E-state index contributed by atoms with van der Waals surface area (Å²) in [5, 5.41) is 6.89. The van der Waals surface area contributed by atoms with Crippen LogP contribution in [0.1, 0.15) is 18.9 Å². The smallest absolute Gasteiger partial charge is 0.290 e. The van der Waals surface area contributed by atoms with Gasteiger partial charge in [0.2, 0.25) is 11.8 Å². The lowest BCUT2D eigenvalue weighted by atomic mass is 10.1. The number of ether oxygens (including phenoxy) is 2. The number of carboxylic acid groups (broad SMARTS) is 1. The molecular formula is C23H28N2O6. The van der Waals surface area contributed by atoms with Crippen LogP contribution >= 0.6 is 0 Å². The van der Waals surface area contributed by atoms with E-state index in [2.05, 4.69) is 0 Å². The fourth-order valence-corrected chi connectivity index (χ4v) is 3.29. The zero-order chi connectivity index (χ0) is 22.6. The first-order valence-electron chi connectivity index (χ1n) is 9.97. The normalized spacial score (nSPS) is 15.7. The molecule has 1 saturated heterocycles. The minimum Gasteiger partial charge on any atom is -0.497 e. The molecule has 0 aliphatic carbocycles. The average Bonchev–Trinajstić information content (AvgIpc) is 2.78. The number of para-hydroxylation sites is 1. The number of rotatable bonds is 8. The number of benzene rings is 2. The van der Waals surface area contributed by atoms with Gasteiger partial charge in [0, 0.05) is 13.1 Å². The quantitative estimate of drug-likeness (QED) is 0.512. The maximum Gasteiger partial charge on any atom is 0.290 e. The van der Waals surface area contributed by atoms with E-state index in [9.17, 15) is 9.59 Å². The molecule has 3 rings (SSSR count). The van der Waals surface area contributed by atoms with Gasteiger partial charge < -0.3 is 24.4 Å². The zero-order valence-corrected chi connectivity index (χ0v) is 17.8. The molecule has 1 aliphatic heterocycles. The summed E-state index contributed by atoms with van der Waals surface area (Å²) in [6, 6.07) is 16.6. The molecule has 31 heavy (non-hydrogen) atoms. The molecule has 0 radical (unpaired) electrons. The van der Waals surface area contributed by atoms with Gasteiger partial charge in [0.15, 0.2) is 0 Å². The van der Waals surface area contributed by atoms with Gasteiger partial charge in [-0.3, -0.25) is 14.4 Å². The van der Waals surface area contributed by atoms with E-state index in [1.165, 1.54) is 0 Å². The van der Waals surface area contributed by atoms with E-state index in [1.807, 2.05) is 54.6 Å². The lowest BCUT2D eigenvalue weighted by Crippen LogP contribution is -2.58. The second-order valence-corrected chi connectivity index (χ2v) is 6.93. The summed E-state index contributed by atoms with van der Waals surface area (Å²) in [5.74, 6) is 1.52. The Kier molecular flexibility index (Phi) is 9.35. The summed E-state index contributed by atoms with van der Waals surface area (Å²) in [5.41, 5.74) is 0.971. The highest BCUT2D eigenvalue weighted by molar-refractivity contribution is 5.94. The summed E-state index contributed by atoms with van der Waals surface area (Å²) in [6.45, 7) is 3.08. The Labute approximate surface area is 182 Å². The third kappa shape index (κ3) is 7.02. The van der Waals surface area contributed by atoms with Gasteiger partial charge >= 0.3 is 0 Å². The number of amides is 2. The first kappa shape index (κ1) is 23.7. The van der Waals surface area contributed by atoms with Gasteiger partial charge in [0.25, 0.3) is 6.47 Å².